The zero-order valence-corrected chi connectivity index (χ0v) is 7.78. The van der Waals surface area contributed by atoms with Gasteiger partial charge in [-0.1, -0.05) is 0 Å². The molecule has 2 rings (SSSR count). The molecule has 0 atom stereocenters. The van der Waals surface area contributed by atoms with Crippen molar-refractivity contribution in [3.05, 3.63) is 33.2 Å². The van der Waals surface area contributed by atoms with Crippen LogP contribution >= 0.6 is 22.7 Å². The van der Waals surface area contributed by atoms with Crippen LogP contribution in [0.15, 0.2) is 28.3 Å². The van der Waals surface area contributed by atoms with Gasteiger partial charge in [0.1, 0.15) is 10.9 Å². The fourth-order valence-electron chi connectivity index (χ4n) is 0.975. The van der Waals surface area contributed by atoms with Crippen LogP contribution in [0.25, 0.3) is 11.1 Å². The summed E-state index contributed by atoms with van der Waals surface area (Å²) in [5.41, 5.74) is 2.36. The molecule has 0 bridgehead atoms. The van der Waals surface area contributed by atoms with E-state index in [1.54, 1.807) is 11.3 Å². The van der Waals surface area contributed by atoms with Crippen LogP contribution in [-0.2, 0) is 0 Å². The maximum absolute atomic E-state index is 8.61. The summed E-state index contributed by atoms with van der Waals surface area (Å²) in [5, 5.41) is 14.8. The molecule has 2 aromatic heterocycles. The van der Waals surface area contributed by atoms with Gasteiger partial charge in [-0.3, -0.25) is 0 Å². The SMILES string of the molecule is N#Cc1cc(-c2ccsc2)cs1. The summed E-state index contributed by atoms with van der Waals surface area (Å²) >= 11 is 3.16. The monoisotopic (exact) mass is 191 g/mol. The topological polar surface area (TPSA) is 23.8 Å². The Bertz CT molecular complexity index is 406. The Hall–Kier alpha value is -1.11. The Kier molecular flexibility index (Phi) is 1.94. The average molecular weight is 191 g/mol. The van der Waals surface area contributed by atoms with Crippen molar-refractivity contribution in [2.45, 2.75) is 0 Å². The summed E-state index contributed by atoms with van der Waals surface area (Å²) in [7, 11) is 0. The lowest BCUT2D eigenvalue weighted by molar-refractivity contribution is 1.52. The molecule has 2 aromatic rings. The van der Waals surface area contributed by atoms with Crippen molar-refractivity contribution >= 4 is 22.7 Å². The number of hydrogen-bond acceptors (Lipinski definition) is 3. The van der Waals surface area contributed by atoms with Gasteiger partial charge in [0.05, 0.1) is 0 Å². The molecule has 0 aliphatic heterocycles. The second kappa shape index (κ2) is 3.10. The minimum Gasteiger partial charge on any atom is -0.192 e. The van der Waals surface area contributed by atoms with Crippen molar-refractivity contribution in [1.29, 1.82) is 5.26 Å². The van der Waals surface area contributed by atoms with Gasteiger partial charge in [-0.2, -0.15) is 16.6 Å². The number of nitrogens with zero attached hydrogens (tertiary/aromatic N) is 1. The maximum Gasteiger partial charge on any atom is 0.110 e. The molecule has 0 saturated heterocycles. The molecule has 0 radical (unpaired) electrons. The van der Waals surface area contributed by atoms with Gasteiger partial charge in [0.2, 0.25) is 0 Å². The molecule has 3 heteroatoms. The first kappa shape index (κ1) is 7.53. The van der Waals surface area contributed by atoms with Crippen molar-refractivity contribution in [1.82, 2.24) is 0 Å². The van der Waals surface area contributed by atoms with E-state index in [1.807, 2.05) is 16.8 Å². The van der Waals surface area contributed by atoms with E-state index in [4.69, 9.17) is 5.26 Å². The fourth-order valence-corrected chi connectivity index (χ4v) is 2.35. The second-order valence-corrected chi connectivity index (χ2v) is 4.01. The van der Waals surface area contributed by atoms with Crippen molar-refractivity contribution in [3.63, 3.8) is 0 Å². The predicted octanol–water partition coefficient (Wildman–Crippen LogP) is 3.35. The molecule has 0 N–H and O–H groups in total. The molecule has 12 heavy (non-hydrogen) atoms. The highest BCUT2D eigenvalue weighted by atomic mass is 32.1. The number of rotatable bonds is 1. The summed E-state index contributed by atoms with van der Waals surface area (Å²) in [6.07, 6.45) is 0. The molecule has 0 aliphatic carbocycles. The molecule has 1 nitrogen and oxygen atoms in total. The Morgan fingerprint density at radius 3 is 2.75 bits per heavy atom. The third-order valence-corrected chi connectivity index (χ3v) is 3.08. The van der Waals surface area contributed by atoms with E-state index >= 15 is 0 Å². The maximum atomic E-state index is 8.61. The largest absolute Gasteiger partial charge is 0.192 e. The lowest BCUT2D eigenvalue weighted by atomic mass is 10.2. The molecule has 2 heterocycles. The minimum atomic E-state index is 0.774. The van der Waals surface area contributed by atoms with E-state index in [0.717, 1.165) is 10.4 Å². The van der Waals surface area contributed by atoms with Crippen molar-refractivity contribution in [2.24, 2.45) is 0 Å². The van der Waals surface area contributed by atoms with E-state index in [2.05, 4.69) is 17.5 Å². The zero-order chi connectivity index (χ0) is 8.39. The highest BCUT2D eigenvalue weighted by molar-refractivity contribution is 7.11. The summed E-state index contributed by atoms with van der Waals surface area (Å²) in [5.74, 6) is 0. The Balaban J connectivity index is 2.44. The van der Waals surface area contributed by atoms with Crippen LogP contribution in [0.5, 0.6) is 0 Å². The number of hydrogen-bond donors (Lipinski definition) is 0. The first-order valence-electron chi connectivity index (χ1n) is 3.41. The molecule has 0 amide bonds. The van der Waals surface area contributed by atoms with Crippen LogP contribution in [0, 0.1) is 11.3 Å². The molecular formula is C9H5NS2. The van der Waals surface area contributed by atoms with E-state index in [9.17, 15) is 0 Å². The van der Waals surface area contributed by atoms with Crippen molar-refractivity contribution in [3.8, 4) is 17.2 Å². The molecule has 0 aliphatic rings. The van der Waals surface area contributed by atoms with Crippen LogP contribution in [0.2, 0.25) is 0 Å². The van der Waals surface area contributed by atoms with E-state index in [-0.39, 0.29) is 0 Å². The lowest BCUT2D eigenvalue weighted by Crippen LogP contribution is -1.63. The standard InChI is InChI=1S/C9H5NS2/c10-4-9-3-8(6-12-9)7-1-2-11-5-7/h1-3,5-6H. The smallest absolute Gasteiger partial charge is 0.110 e. The highest BCUT2D eigenvalue weighted by Crippen LogP contribution is 2.26. The third-order valence-electron chi connectivity index (χ3n) is 1.56. The average Bonchev–Trinajstić information content (AvgIpc) is 2.75. The quantitative estimate of drug-likeness (QED) is 0.678. The minimum absolute atomic E-state index is 0.774. The highest BCUT2D eigenvalue weighted by Gasteiger charge is 2.00. The Labute approximate surface area is 78.5 Å². The van der Waals surface area contributed by atoms with Gasteiger partial charge in [0.25, 0.3) is 0 Å². The Morgan fingerprint density at radius 2 is 2.17 bits per heavy atom. The Morgan fingerprint density at radius 1 is 1.25 bits per heavy atom. The molecule has 0 fully saturated rings. The van der Waals surface area contributed by atoms with Crippen LogP contribution < -0.4 is 0 Å². The second-order valence-electron chi connectivity index (χ2n) is 2.32. The van der Waals surface area contributed by atoms with Crippen LogP contribution in [0.4, 0.5) is 0 Å². The molecule has 0 saturated carbocycles. The zero-order valence-electron chi connectivity index (χ0n) is 6.15. The summed E-state index contributed by atoms with van der Waals surface area (Å²) in [4.78, 5) is 0.774. The van der Waals surface area contributed by atoms with E-state index in [0.29, 0.717) is 0 Å². The molecule has 0 aromatic carbocycles. The summed E-state index contributed by atoms with van der Waals surface area (Å²) in [6.45, 7) is 0. The molecule has 0 unspecified atom stereocenters. The van der Waals surface area contributed by atoms with Gasteiger partial charge < -0.3 is 0 Å². The van der Waals surface area contributed by atoms with Gasteiger partial charge in [-0.15, -0.1) is 11.3 Å². The molecule has 58 valence electrons. The van der Waals surface area contributed by atoms with Crippen LogP contribution in [0.1, 0.15) is 4.88 Å². The number of thiophene rings is 2. The van der Waals surface area contributed by atoms with Gasteiger partial charge in [0, 0.05) is 0 Å². The van der Waals surface area contributed by atoms with Gasteiger partial charge in [-0.25, -0.2) is 0 Å². The van der Waals surface area contributed by atoms with Crippen molar-refractivity contribution in [2.75, 3.05) is 0 Å². The predicted molar refractivity (Wildman–Crippen MR) is 52.3 cm³/mol. The van der Waals surface area contributed by atoms with Crippen molar-refractivity contribution < 1.29 is 0 Å². The lowest BCUT2D eigenvalue weighted by Gasteiger charge is -1.86. The van der Waals surface area contributed by atoms with Crippen LogP contribution in [0.3, 0.4) is 0 Å². The van der Waals surface area contributed by atoms with E-state index < -0.39 is 0 Å². The molecular weight excluding hydrogens is 186 g/mol. The summed E-state index contributed by atoms with van der Waals surface area (Å²) in [6, 6.07) is 6.12. The first-order chi connectivity index (χ1) is 5.90. The molecule has 0 spiro atoms. The number of nitriles is 1. The van der Waals surface area contributed by atoms with Gasteiger partial charge in [-0.05, 0) is 39.4 Å². The first-order valence-corrected chi connectivity index (χ1v) is 5.23. The van der Waals surface area contributed by atoms with Gasteiger partial charge >= 0.3 is 0 Å². The normalized spacial score (nSPS) is 9.58. The third kappa shape index (κ3) is 1.27. The summed E-state index contributed by atoms with van der Waals surface area (Å²) < 4.78 is 0. The fraction of sp³-hybridized carbons (Fsp3) is 0. The van der Waals surface area contributed by atoms with Gasteiger partial charge in [0.15, 0.2) is 0 Å². The van der Waals surface area contributed by atoms with Crippen LogP contribution in [-0.4, -0.2) is 0 Å². The van der Waals surface area contributed by atoms with E-state index in [1.165, 1.54) is 16.9 Å².